The molecule has 0 aliphatic carbocycles. The highest BCUT2D eigenvalue weighted by Gasteiger charge is 2.21. The van der Waals surface area contributed by atoms with Crippen molar-refractivity contribution >= 4 is 49.7 Å². The molecule has 0 saturated heterocycles. The Morgan fingerprint density at radius 2 is 0.881 bits per heavy atom. The summed E-state index contributed by atoms with van der Waals surface area (Å²) in [6.45, 7) is 0. The summed E-state index contributed by atoms with van der Waals surface area (Å²) < 4.78 is 6.92. The van der Waals surface area contributed by atoms with Gasteiger partial charge in [0, 0.05) is 44.4 Å². The van der Waals surface area contributed by atoms with Crippen molar-refractivity contribution in [3.05, 3.63) is 200 Å². The summed E-state index contributed by atoms with van der Waals surface area (Å²) in [5.74, 6) is 2.79. The second-order valence-electron chi connectivity index (χ2n) is 14.8. The third-order valence-corrected chi connectivity index (χ3v) is 11.3. The maximum atomic E-state index is 5.26. The van der Waals surface area contributed by atoms with E-state index in [9.17, 15) is 0 Å². The first-order valence-corrected chi connectivity index (χ1v) is 19.7. The molecule has 0 fully saturated rings. The summed E-state index contributed by atoms with van der Waals surface area (Å²) in [5, 5.41) is 2.35. The van der Waals surface area contributed by atoms with Crippen LogP contribution in [0.25, 0.3) is 106 Å². The molecule has 0 atom stereocenters. The Hall–Kier alpha value is -8.16. The van der Waals surface area contributed by atoms with Crippen molar-refractivity contribution in [3.63, 3.8) is 0 Å². The molecule has 0 saturated carbocycles. The molecular formula is C52H33N7. The molecule has 7 nitrogen and oxygen atoms in total. The van der Waals surface area contributed by atoms with Gasteiger partial charge in [-0.2, -0.15) is 0 Å². The summed E-state index contributed by atoms with van der Waals surface area (Å²) in [7, 11) is 0. The summed E-state index contributed by atoms with van der Waals surface area (Å²) in [6, 6.07) is 69.7. The third-order valence-electron chi connectivity index (χ3n) is 11.3. The Labute approximate surface area is 338 Å². The molecule has 7 heteroatoms. The lowest BCUT2D eigenvalue weighted by Crippen LogP contribution is -2.01. The Balaban J connectivity index is 1.03. The number of hydrogen-bond donors (Lipinski definition) is 0. The minimum atomic E-state index is 0.622. The van der Waals surface area contributed by atoms with Gasteiger partial charge in [-0.1, -0.05) is 140 Å². The van der Waals surface area contributed by atoms with E-state index in [0.717, 1.165) is 78.1 Å². The molecule has 0 radical (unpaired) electrons. The van der Waals surface area contributed by atoms with Gasteiger partial charge in [0.25, 0.3) is 0 Å². The number of hydrogen-bond acceptors (Lipinski definition) is 4. The Morgan fingerprint density at radius 1 is 0.322 bits per heavy atom. The van der Waals surface area contributed by atoms with Crippen LogP contribution in [-0.2, 0) is 0 Å². The smallest absolute Gasteiger partial charge is 0.220 e. The van der Waals surface area contributed by atoms with Crippen LogP contribution < -0.4 is 0 Å². The van der Waals surface area contributed by atoms with Crippen LogP contribution in [0, 0.1) is 0 Å². The predicted molar refractivity (Wildman–Crippen MR) is 239 cm³/mol. The Bertz CT molecular complexity index is 3490. The van der Waals surface area contributed by atoms with E-state index in [2.05, 4.69) is 153 Å². The van der Waals surface area contributed by atoms with Crippen molar-refractivity contribution in [2.24, 2.45) is 0 Å². The van der Waals surface area contributed by atoms with Crippen molar-refractivity contribution in [3.8, 4) is 56.7 Å². The van der Waals surface area contributed by atoms with E-state index in [1.54, 1.807) is 0 Å². The minimum Gasteiger partial charge on any atom is -0.309 e. The fourth-order valence-electron chi connectivity index (χ4n) is 8.65. The molecular weight excluding hydrogens is 723 g/mol. The van der Waals surface area contributed by atoms with Crippen LogP contribution >= 0.6 is 0 Å². The average Bonchev–Trinajstić information content (AvgIpc) is 3.96. The van der Waals surface area contributed by atoms with E-state index in [4.69, 9.17) is 19.9 Å². The zero-order chi connectivity index (χ0) is 38.9. The third kappa shape index (κ3) is 5.29. The highest BCUT2D eigenvalue weighted by Crippen LogP contribution is 2.39. The van der Waals surface area contributed by atoms with Gasteiger partial charge >= 0.3 is 0 Å². The molecule has 0 spiro atoms. The highest BCUT2D eigenvalue weighted by molar-refractivity contribution is 6.11. The van der Waals surface area contributed by atoms with Crippen LogP contribution in [0.1, 0.15) is 0 Å². The monoisotopic (exact) mass is 755 g/mol. The second kappa shape index (κ2) is 13.2. The molecule has 12 rings (SSSR count). The van der Waals surface area contributed by atoms with Gasteiger partial charge in [-0.15, -0.1) is 0 Å². The van der Waals surface area contributed by atoms with Crippen LogP contribution in [-0.4, -0.2) is 33.5 Å². The molecule has 8 aromatic carbocycles. The number of fused-ring (bicyclic) bond motifs is 8. The van der Waals surface area contributed by atoms with Gasteiger partial charge in [0.05, 0.1) is 33.1 Å². The molecule has 0 aliphatic rings. The molecule has 0 amide bonds. The van der Waals surface area contributed by atoms with Crippen molar-refractivity contribution in [1.29, 1.82) is 0 Å². The predicted octanol–water partition coefficient (Wildman–Crippen LogP) is 12.4. The first-order valence-electron chi connectivity index (χ1n) is 19.7. The van der Waals surface area contributed by atoms with Gasteiger partial charge in [0.1, 0.15) is 0 Å². The van der Waals surface area contributed by atoms with Gasteiger partial charge in [0.2, 0.25) is 5.78 Å². The first kappa shape index (κ1) is 33.0. The molecule has 4 aromatic heterocycles. The summed E-state index contributed by atoms with van der Waals surface area (Å²) in [6.07, 6.45) is 0. The SMILES string of the molecule is c1ccc(-c2nc(-c3ccccc3)nc(-c3cccc(-n4c5ccccc5c5cc(-c6cccc7nc8n(-c9ccccc9)c9ccccc9n8c67)ccc54)c3)n2)cc1. The number of rotatable bonds is 6. The van der Waals surface area contributed by atoms with Crippen LogP contribution in [0.2, 0.25) is 0 Å². The van der Waals surface area contributed by atoms with E-state index in [0.29, 0.717) is 17.5 Å². The quantitative estimate of drug-likeness (QED) is 0.169. The van der Waals surface area contributed by atoms with Gasteiger partial charge in [-0.3, -0.25) is 8.97 Å². The van der Waals surface area contributed by atoms with Crippen LogP contribution in [0.3, 0.4) is 0 Å². The molecule has 0 aliphatic heterocycles. The maximum absolute atomic E-state index is 5.26. The number of benzene rings is 8. The Morgan fingerprint density at radius 3 is 1.61 bits per heavy atom. The molecule has 59 heavy (non-hydrogen) atoms. The molecule has 0 bridgehead atoms. The molecule has 0 unspecified atom stereocenters. The average molecular weight is 756 g/mol. The van der Waals surface area contributed by atoms with E-state index < -0.39 is 0 Å². The first-order chi connectivity index (χ1) is 29.3. The van der Waals surface area contributed by atoms with Gasteiger partial charge in [0.15, 0.2) is 17.5 Å². The van der Waals surface area contributed by atoms with Crippen LogP contribution in [0.15, 0.2) is 200 Å². The fourth-order valence-corrected chi connectivity index (χ4v) is 8.65. The lowest BCUT2D eigenvalue weighted by atomic mass is 10.0. The van der Waals surface area contributed by atoms with Crippen LogP contribution in [0.5, 0.6) is 0 Å². The normalized spacial score (nSPS) is 11.7. The number of aromatic nitrogens is 7. The van der Waals surface area contributed by atoms with E-state index in [1.165, 1.54) is 10.8 Å². The molecule has 0 N–H and O–H groups in total. The van der Waals surface area contributed by atoms with E-state index >= 15 is 0 Å². The largest absolute Gasteiger partial charge is 0.309 e. The van der Waals surface area contributed by atoms with Gasteiger partial charge in [-0.05, 0) is 66.2 Å². The summed E-state index contributed by atoms with van der Waals surface area (Å²) in [4.78, 5) is 20.2. The topological polar surface area (TPSA) is 65.8 Å². The van der Waals surface area contributed by atoms with Crippen LogP contribution in [0.4, 0.5) is 0 Å². The standard InChI is InChI=1S/C52H33N7/c1-4-16-34(17-5-1)49-54-50(35-18-6-2-7-19-35)56-51(55-49)37-20-14-23-39(32-37)57-44-27-11-10-24-41(44)42-33-36(30-31-45(42)57)40-25-15-26-43-48(40)59-47-29-13-12-28-46(47)58(52(59)53-43)38-21-8-3-9-22-38/h1-33H. The van der Waals surface area contributed by atoms with Gasteiger partial charge < -0.3 is 4.57 Å². The second-order valence-corrected chi connectivity index (χ2v) is 14.8. The van der Waals surface area contributed by atoms with E-state index in [1.807, 2.05) is 60.7 Å². The number of imidazole rings is 2. The highest BCUT2D eigenvalue weighted by atomic mass is 15.2. The van der Waals surface area contributed by atoms with Crippen molar-refractivity contribution in [2.75, 3.05) is 0 Å². The number of nitrogens with zero attached hydrogens (tertiary/aromatic N) is 7. The zero-order valence-electron chi connectivity index (χ0n) is 31.7. The number of para-hydroxylation sites is 5. The van der Waals surface area contributed by atoms with Crippen molar-refractivity contribution in [2.45, 2.75) is 0 Å². The molecule has 276 valence electrons. The lowest BCUT2D eigenvalue weighted by Gasteiger charge is -2.12. The maximum Gasteiger partial charge on any atom is 0.220 e. The van der Waals surface area contributed by atoms with Gasteiger partial charge in [-0.25, -0.2) is 19.9 Å². The molecule has 12 aromatic rings. The fraction of sp³-hybridized carbons (Fsp3) is 0. The summed E-state index contributed by atoms with van der Waals surface area (Å²) in [5.41, 5.74) is 13.7. The lowest BCUT2D eigenvalue weighted by molar-refractivity contribution is 1.07. The van der Waals surface area contributed by atoms with Crippen molar-refractivity contribution in [1.82, 2.24) is 33.5 Å². The molecule has 4 heterocycles. The Kier molecular flexibility index (Phi) is 7.40. The minimum absolute atomic E-state index is 0.622. The van der Waals surface area contributed by atoms with Crippen molar-refractivity contribution < 1.29 is 0 Å². The summed E-state index contributed by atoms with van der Waals surface area (Å²) >= 11 is 0. The van der Waals surface area contributed by atoms with E-state index in [-0.39, 0.29) is 0 Å². The zero-order valence-corrected chi connectivity index (χ0v) is 31.7.